The Morgan fingerprint density at radius 1 is 1.62 bits per heavy atom. The monoisotopic (exact) mass is 195 g/mol. The summed E-state index contributed by atoms with van der Waals surface area (Å²) in [7, 11) is 1.52. The standard InChI is InChI=1S/C7H15F2N3O/c1-3-12(2)6(13)11-5-7(8,9)4-10/h3-5,10H2,1-2H3,(H,11,13). The highest BCUT2D eigenvalue weighted by molar-refractivity contribution is 5.73. The summed E-state index contributed by atoms with van der Waals surface area (Å²) in [5.41, 5.74) is 4.79. The number of urea groups is 1. The van der Waals surface area contributed by atoms with Gasteiger partial charge in [-0.05, 0) is 6.92 Å². The number of amides is 2. The minimum Gasteiger partial charge on any atom is -0.332 e. The Labute approximate surface area is 76.1 Å². The summed E-state index contributed by atoms with van der Waals surface area (Å²) in [6.45, 7) is 0.747. The summed E-state index contributed by atoms with van der Waals surface area (Å²) in [6, 6.07) is -0.518. The number of carbonyl (C=O) groups is 1. The van der Waals surface area contributed by atoms with E-state index in [1.54, 1.807) is 6.92 Å². The average molecular weight is 195 g/mol. The molecule has 0 aliphatic carbocycles. The molecule has 0 bridgehead atoms. The lowest BCUT2D eigenvalue weighted by Crippen LogP contribution is -2.45. The summed E-state index contributed by atoms with van der Waals surface area (Å²) in [4.78, 5) is 12.3. The fourth-order valence-electron chi connectivity index (χ4n) is 0.556. The first kappa shape index (κ1) is 12.1. The zero-order valence-electron chi connectivity index (χ0n) is 7.81. The number of hydrogen-bond donors (Lipinski definition) is 2. The highest BCUT2D eigenvalue weighted by Gasteiger charge is 2.27. The zero-order valence-corrected chi connectivity index (χ0v) is 7.81. The van der Waals surface area contributed by atoms with Crippen LogP contribution in [-0.4, -0.2) is 43.5 Å². The lowest BCUT2D eigenvalue weighted by atomic mass is 10.3. The van der Waals surface area contributed by atoms with Crippen LogP contribution < -0.4 is 11.1 Å². The summed E-state index contributed by atoms with van der Waals surface area (Å²) in [5.74, 6) is -3.02. The van der Waals surface area contributed by atoms with E-state index in [4.69, 9.17) is 5.73 Å². The van der Waals surface area contributed by atoms with E-state index in [2.05, 4.69) is 5.32 Å². The Bertz CT molecular complexity index is 175. The van der Waals surface area contributed by atoms with Crippen molar-refractivity contribution in [2.24, 2.45) is 5.73 Å². The molecule has 0 saturated carbocycles. The molecule has 0 radical (unpaired) electrons. The van der Waals surface area contributed by atoms with E-state index in [1.165, 1.54) is 11.9 Å². The normalized spacial score (nSPS) is 11.2. The SMILES string of the molecule is CCN(C)C(=O)NCC(F)(F)CN. The van der Waals surface area contributed by atoms with Crippen molar-refractivity contribution >= 4 is 6.03 Å². The van der Waals surface area contributed by atoms with E-state index in [1.807, 2.05) is 0 Å². The summed E-state index contributed by atoms with van der Waals surface area (Å²) in [5, 5.41) is 2.08. The van der Waals surface area contributed by atoms with Crippen LogP contribution in [0.4, 0.5) is 13.6 Å². The largest absolute Gasteiger partial charge is 0.332 e. The minimum atomic E-state index is -3.02. The zero-order chi connectivity index (χ0) is 10.5. The molecule has 78 valence electrons. The Morgan fingerprint density at radius 2 is 2.15 bits per heavy atom. The molecule has 3 N–H and O–H groups in total. The predicted octanol–water partition coefficient (Wildman–Crippen LogP) is 0.242. The lowest BCUT2D eigenvalue weighted by molar-refractivity contribution is 0.0134. The number of nitrogens with two attached hydrogens (primary N) is 1. The van der Waals surface area contributed by atoms with Gasteiger partial charge in [0.1, 0.15) is 0 Å². The van der Waals surface area contributed by atoms with E-state index >= 15 is 0 Å². The number of nitrogens with one attached hydrogen (secondary N) is 1. The fraction of sp³-hybridized carbons (Fsp3) is 0.857. The predicted molar refractivity (Wildman–Crippen MR) is 45.7 cm³/mol. The van der Waals surface area contributed by atoms with Gasteiger partial charge in [0.2, 0.25) is 0 Å². The van der Waals surface area contributed by atoms with Gasteiger partial charge in [-0.2, -0.15) is 0 Å². The quantitative estimate of drug-likeness (QED) is 0.675. The molecule has 2 amide bonds. The topological polar surface area (TPSA) is 58.4 Å². The minimum absolute atomic E-state index is 0.472. The highest BCUT2D eigenvalue weighted by atomic mass is 19.3. The van der Waals surface area contributed by atoms with E-state index in [0.717, 1.165) is 0 Å². The third kappa shape index (κ3) is 4.62. The molecule has 0 aliphatic rings. The van der Waals surface area contributed by atoms with Crippen LogP contribution in [0.1, 0.15) is 6.92 Å². The maximum atomic E-state index is 12.5. The van der Waals surface area contributed by atoms with Gasteiger partial charge in [-0.25, -0.2) is 13.6 Å². The van der Waals surface area contributed by atoms with Crippen LogP contribution in [0, 0.1) is 0 Å². The first-order valence-corrected chi connectivity index (χ1v) is 4.00. The number of nitrogens with zero attached hydrogens (tertiary/aromatic N) is 1. The van der Waals surface area contributed by atoms with Crippen LogP contribution in [-0.2, 0) is 0 Å². The van der Waals surface area contributed by atoms with Crippen molar-refractivity contribution in [3.63, 3.8) is 0 Å². The third-order valence-electron chi connectivity index (χ3n) is 1.62. The molecule has 0 saturated heterocycles. The molecule has 0 spiro atoms. The van der Waals surface area contributed by atoms with Crippen molar-refractivity contribution in [2.75, 3.05) is 26.7 Å². The molecule has 6 heteroatoms. The van der Waals surface area contributed by atoms with Crippen LogP contribution in [0.15, 0.2) is 0 Å². The first-order valence-electron chi connectivity index (χ1n) is 4.00. The molecular formula is C7H15F2N3O. The summed E-state index contributed by atoms with van der Waals surface area (Å²) >= 11 is 0. The van der Waals surface area contributed by atoms with E-state index < -0.39 is 25.0 Å². The molecule has 0 rings (SSSR count). The number of halogens is 2. The van der Waals surface area contributed by atoms with Crippen molar-refractivity contribution in [1.29, 1.82) is 0 Å². The Hall–Kier alpha value is -0.910. The molecule has 0 heterocycles. The van der Waals surface area contributed by atoms with Crippen LogP contribution in [0.2, 0.25) is 0 Å². The van der Waals surface area contributed by atoms with Crippen LogP contribution in [0.3, 0.4) is 0 Å². The van der Waals surface area contributed by atoms with Gasteiger partial charge >= 0.3 is 6.03 Å². The Morgan fingerprint density at radius 3 is 2.54 bits per heavy atom. The van der Waals surface area contributed by atoms with Gasteiger partial charge in [0.25, 0.3) is 5.92 Å². The van der Waals surface area contributed by atoms with Crippen molar-refractivity contribution in [2.45, 2.75) is 12.8 Å². The third-order valence-corrected chi connectivity index (χ3v) is 1.62. The van der Waals surface area contributed by atoms with E-state index in [9.17, 15) is 13.6 Å². The van der Waals surface area contributed by atoms with Gasteiger partial charge in [0.15, 0.2) is 0 Å². The molecule has 0 fully saturated rings. The Balaban J connectivity index is 3.83. The number of hydrogen-bond acceptors (Lipinski definition) is 2. The van der Waals surface area contributed by atoms with Gasteiger partial charge in [-0.1, -0.05) is 0 Å². The summed E-state index contributed by atoms with van der Waals surface area (Å²) in [6.07, 6.45) is 0. The smallest absolute Gasteiger partial charge is 0.317 e. The maximum absolute atomic E-state index is 12.5. The van der Waals surface area contributed by atoms with E-state index in [-0.39, 0.29) is 0 Å². The highest BCUT2D eigenvalue weighted by Crippen LogP contribution is 2.08. The van der Waals surface area contributed by atoms with Crippen molar-refractivity contribution < 1.29 is 13.6 Å². The fourth-order valence-corrected chi connectivity index (χ4v) is 0.556. The van der Waals surface area contributed by atoms with Crippen molar-refractivity contribution in [3.05, 3.63) is 0 Å². The van der Waals surface area contributed by atoms with Crippen molar-refractivity contribution in [1.82, 2.24) is 10.2 Å². The molecule has 0 aromatic carbocycles. The number of carbonyl (C=O) groups excluding carboxylic acids is 1. The van der Waals surface area contributed by atoms with Gasteiger partial charge in [0.05, 0.1) is 13.1 Å². The molecule has 0 aromatic rings. The maximum Gasteiger partial charge on any atom is 0.317 e. The van der Waals surface area contributed by atoms with E-state index in [0.29, 0.717) is 6.54 Å². The average Bonchev–Trinajstić information content (AvgIpc) is 2.13. The second kappa shape index (κ2) is 4.96. The molecule has 13 heavy (non-hydrogen) atoms. The van der Waals surface area contributed by atoms with Crippen LogP contribution in [0.5, 0.6) is 0 Å². The molecule has 0 aliphatic heterocycles. The first-order chi connectivity index (χ1) is 5.93. The molecular weight excluding hydrogens is 180 g/mol. The molecule has 0 atom stereocenters. The number of rotatable bonds is 4. The number of alkyl halides is 2. The lowest BCUT2D eigenvalue weighted by Gasteiger charge is -2.19. The van der Waals surface area contributed by atoms with Gasteiger partial charge in [-0.3, -0.25) is 0 Å². The van der Waals surface area contributed by atoms with Crippen LogP contribution >= 0.6 is 0 Å². The van der Waals surface area contributed by atoms with Crippen molar-refractivity contribution in [3.8, 4) is 0 Å². The summed E-state index contributed by atoms with van der Waals surface area (Å²) < 4.78 is 25.0. The molecule has 0 aromatic heterocycles. The van der Waals surface area contributed by atoms with Gasteiger partial charge < -0.3 is 16.0 Å². The van der Waals surface area contributed by atoms with Crippen LogP contribution in [0.25, 0.3) is 0 Å². The molecule has 4 nitrogen and oxygen atoms in total. The second-order valence-electron chi connectivity index (χ2n) is 2.73. The van der Waals surface area contributed by atoms with Gasteiger partial charge in [0, 0.05) is 13.6 Å². The van der Waals surface area contributed by atoms with Gasteiger partial charge in [-0.15, -0.1) is 0 Å². The second-order valence-corrected chi connectivity index (χ2v) is 2.73. The Kier molecular flexibility index (Phi) is 4.61. The molecule has 0 unspecified atom stereocenters.